The Morgan fingerprint density at radius 2 is 1.44 bits per heavy atom. The molecule has 0 aromatic heterocycles. The van der Waals surface area contributed by atoms with Crippen LogP contribution in [0.15, 0.2) is 91.1 Å². The van der Waals surface area contributed by atoms with Gasteiger partial charge in [-0.3, -0.25) is 0 Å². The van der Waals surface area contributed by atoms with Gasteiger partial charge in [0.1, 0.15) is 0 Å². The largest absolute Gasteiger partial charge is 0.394 e. The summed E-state index contributed by atoms with van der Waals surface area (Å²) >= 11 is 0. The summed E-state index contributed by atoms with van der Waals surface area (Å²) in [6.45, 7) is 0.0693. The first-order valence-corrected chi connectivity index (χ1v) is 8.64. The van der Waals surface area contributed by atoms with Crippen LogP contribution in [0.3, 0.4) is 0 Å². The highest BCUT2D eigenvalue weighted by Gasteiger charge is 2.30. The molecule has 2 atom stereocenters. The van der Waals surface area contributed by atoms with Crippen molar-refractivity contribution in [1.29, 1.82) is 0 Å². The quantitative estimate of drug-likeness (QED) is 0.744. The monoisotopic (exact) mass is 327 g/mol. The van der Waals surface area contributed by atoms with Gasteiger partial charge in [-0.05, 0) is 28.3 Å². The van der Waals surface area contributed by atoms with Crippen molar-refractivity contribution in [2.24, 2.45) is 0 Å². The van der Waals surface area contributed by atoms with E-state index >= 15 is 0 Å². The Labute approximate surface area is 148 Å². The molecule has 25 heavy (non-hydrogen) atoms. The molecular weight excluding hydrogens is 306 g/mol. The van der Waals surface area contributed by atoms with E-state index in [-0.39, 0.29) is 18.7 Å². The highest BCUT2D eigenvalue weighted by Crippen LogP contribution is 2.40. The van der Waals surface area contributed by atoms with E-state index in [4.69, 9.17) is 0 Å². The predicted molar refractivity (Wildman–Crippen MR) is 102 cm³/mol. The number of fused-ring (bicyclic) bond motifs is 1. The number of hydrogen-bond donors (Lipinski definition) is 1. The summed E-state index contributed by atoms with van der Waals surface area (Å²) in [4.78, 5) is 2.27. The van der Waals surface area contributed by atoms with Gasteiger partial charge < -0.3 is 10.0 Å². The van der Waals surface area contributed by atoms with E-state index in [1.165, 1.54) is 16.7 Å². The molecule has 3 aromatic carbocycles. The lowest BCUT2D eigenvalue weighted by atomic mass is 9.89. The summed E-state index contributed by atoms with van der Waals surface area (Å²) in [6, 6.07) is 29.2. The third kappa shape index (κ3) is 2.97. The van der Waals surface area contributed by atoms with Crippen LogP contribution in [-0.4, -0.2) is 16.6 Å². The van der Waals surface area contributed by atoms with Crippen LogP contribution in [0.2, 0.25) is 0 Å². The summed E-state index contributed by atoms with van der Waals surface area (Å²) in [5, 5.41) is 10.2. The Balaban J connectivity index is 1.83. The van der Waals surface area contributed by atoms with Crippen LogP contribution >= 0.6 is 0 Å². The van der Waals surface area contributed by atoms with Crippen molar-refractivity contribution in [1.82, 2.24) is 4.90 Å². The molecule has 1 heterocycles. The van der Waals surface area contributed by atoms with E-state index in [9.17, 15) is 5.11 Å². The van der Waals surface area contributed by atoms with Crippen LogP contribution in [0.25, 0.3) is 6.08 Å². The van der Waals surface area contributed by atoms with E-state index in [1.54, 1.807) is 0 Å². The Bertz CT molecular complexity index is 858. The van der Waals surface area contributed by atoms with Crippen molar-refractivity contribution in [3.05, 3.63) is 113 Å². The molecule has 0 saturated carbocycles. The SMILES string of the molecule is OC[C@@H](c1ccccc1)N1C=Cc2ccccc2[C@@H]1c1ccccc1. The Hall–Kier alpha value is -2.84. The molecule has 4 rings (SSSR count). The highest BCUT2D eigenvalue weighted by molar-refractivity contribution is 5.59. The van der Waals surface area contributed by atoms with E-state index in [1.807, 2.05) is 24.3 Å². The highest BCUT2D eigenvalue weighted by atomic mass is 16.3. The molecule has 0 aliphatic carbocycles. The maximum atomic E-state index is 10.2. The van der Waals surface area contributed by atoms with Crippen LogP contribution in [0.5, 0.6) is 0 Å². The van der Waals surface area contributed by atoms with Gasteiger partial charge in [0.25, 0.3) is 0 Å². The van der Waals surface area contributed by atoms with Gasteiger partial charge in [0.05, 0.1) is 18.7 Å². The minimum absolute atomic E-state index is 0.0693. The molecule has 2 nitrogen and oxygen atoms in total. The lowest BCUT2D eigenvalue weighted by molar-refractivity contribution is 0.142. The molecule has 0 fully saturated rings. The van der Waals surface area contributed by atoms with Crippen LogP contribution in [0.1, 0.15) is 34.3 Å². The molecule has 0 spiro atoms. The maximum absolute atomic E-state index is 10.2. The van der Waals surface area contributed by atoms with Gasteiger partial charge in [-0.15, -0.1) is 0 Å². The number of hydrogen-bond acceptors (Lipinski definition) is 2. The van der Waals surface area contributed by atoms with Crippen molar-refractivity contribution < 1.29 is 5.11 Å². The minimum Gasteiger partial charge on any atom is -0.394 e. The van der Waals surface area contributed by atoms with Crippen LogP contribution < -0.4 is 0 Å². The fraction of sp³-hybridized carbons (Fsp3) is 0.130. The van der Waals surface area contributed by atoms with E-state index < -0.39 is 0 Å². The molecule has 0 radical (unpaired) electrons. The number of nitrogens with zero attached hydrogens (tertiary/aromatic N) is 1. The Morgan fingerprint density at radius 3 is 2.16 bits per heavy atom. The maximum Gasteiger partial charge on any atom is 0.0803 e. The zero-order chi connectivity index (χ0) is 17.1. The second-order valence-corrected chi connectivity index (χ2v) is 6.31. The lowest BCUT2D eigenvalue weighted by Crippen LogP contribution is -2.33. The second kappa shape index (κ2) is 6.96. The first-order chi connectivity index (χ1) is 12.4. The van der Waals surface area contributed by atoms with E-state index in [0.29, 0.717) is 0 Å². The molecule has 2 heteroatoms. The molecule has 1 N–H and O–H groups in total. The molecule has 0 unspecified atom stereocenters. The number of aliphatic hydroxyl groups excluding tert-OH is 1. The van der Waals surface area contributed by atoms with Gasteiger partial charge in [-0.1, -0.05) is 84.9 Å². The summed E-state index contributed by atoms with van der Waals surface area (Å²) in [7, 11) is 0. The summed E-state index contributed by atoms with van der Waals surface area (Å²) in [6.07, 6.45) is 4.26. The van der Waals surface area contributed by atoms with Gasteiger partial charge in [0.2, 0.25) is 0 Å². The van der Waals surface area contributed by atoms with Crippen molar-refractivity contribution in [2.75, 3.05) is 6.61 Å². The average molecular weight is 327 g/mol. The zero-order valence-electron chi connectivity index (χ0n) is 14.0. The molecule has 3 aromatic rings. The third-order valence-corrected chi connectivity index (χ3v) is 4.85. The Morgan fingerprint density at radius 1 is 0.800 bits per heavy atom. The van der Waals surface area contributed by atoms with E-state index in [2.05, 4.69) is 77.8 Å². The smallest absolute Gasteiger partial charge is 0.0803 e. The average Bonchev–Trinajstić information content (AvgIpc) is 2.70. The zero-order valence-corrected chi connectivity index (χ0v) is 14.0. The number of aliphatic hydroxyl groups is 1. The standard InChI is InChI=1S/C23H21NO/c25-17-22(19-10-3-1-4-11-19)24-16-15-18-9-7-8-14-21(18)23(24)20-12-5-2-6-13-20/h1-16,22-23,25H,17H2/t22-,23-/m0/s1. The van der Waals surface area contributed by atoms with Gasteiger partial charge >= 0.3 is 0 Å². The number of benzene rings is 3. The molecule has 124 valence electrons. The Kier molecular flexibility index (Phi) is 4.36. The van der Waals surface area contributed by atoms with Crippen molar-refractivity contribution in [3.8, 4) is 0 Å². The molecule has 0 amide bonds. The lowest BCUT2D eigenvalue weighted by Gasteiger charge is -2.40. The fourth-order valence-corrected chi connectivity index (χ4v) is 3.64. The molecule has 1 aliphatic heterocycles. The topological polar surface area (TPSA) is 23.5 Å². The van der Waals surface area contributed by atoms with Crippen molar-refractivity contribution >= 4 is 6.08 Å². The minimum atomic E-state index is -0.0870. The summed E-state index contributed by atoms with van der Waals surface area (Å²) in [5.74, 6) is 0. The van der Waals surface area contributed by atoms with E-state index in [0.717, 1.165) is 5.56 Å². The first kappa shape index (κ1) is 15.7. The number of rotatable bonds is 4. The van der Waals surface area contributed by atoms with Crippen molar-refractivity contribution in [3.63, 3.8) is 0 Å². The van der Waals surface area contributed by atoms with Gasteiger partial charge in [0.15, 0.2) is 0 Å². The van der Waals surface area contributed by atoms with Gasteiger partial charge in [0, 0.05) is 6.20 Å². The van der Waals surface area contributed by atoms with Crippen LogP contribution in [0.4, 0.5) is 0 Å². The molecule has 0 saturated heterocycles. The van der Waals surface area contributed by atoms with Gasteiger partial charge in [-0.2, -0.15) is 0 Å². The van der Waals surface area contributed by atoms with Crippen molar-refractivity contribution in [2.45, 2.75) is 12.1 Å². The normalized spacial score (nSPS) is 17.2. The first-order valence-electron chi connectivity index (χ1n) is 8.64. The molecular formula is C23H21NO. The van der Waals surface area contributed by atoms with Crippen LogP contribution in [-0.2, 0) is 0 Å². The fourth-order valence-electron chi connectivity index (χ4n) is 3.64. The van der Waals surface area contributed by atoms with Crippen LogP contribution in [0, 0.1) is 0 Å². The molecule has 1 aliphatic rings. The predicted octanol–water partition coefficient (Wildman–Crippen LogP) is 4.80. The second-order valence-electron chi connectivity index (χ2n) is 6.31. The third-order valence-electron chi connectivity index (χ3n) is 4.85. The van der Waals surface area contributed by atoms with Gasteiger partial charge in [-0.25, -0.2) is 0 Å². The molecule has 0 bridgehead atoms. The summed E-state index contributed by atoms with van der Waals surface area (Å²) in [5.41, 5.74) is 4.85. The summed E-state index contributed by atoms with van der Waals surface area (Å²) < 4.78 is 0.